The van der Waals surface area contributed by atoms with Gasteiger partial charge in [-0.3, -0.25) is 0 Å². The van der Waals surface area contributed by atoms with Crippen molar-refractivity contribution in [3.05, 3.63) is 69.2 Å². The van der Waals surface area contributed by atoms with Gasteiger partial charge >= 0.3 is 0 Å². The highest BCUT2D eigenvalue weighted by Gasteiger charge is 2.05. The molecule has 0 atom stereocenters. The topological polar surface area (TPSA) is 0 Å². The van der Waals surface area contributed by atoms with Crippen molar-refractivity contribution in [2.45, 2.75) is 85.5 Å². The summed E-state index contributed by atoms with van der Waals surface area (Å²) >= 11 is 1.89. The van der Waals surface area contributed by atoms with Crippen LogP contribution in [0.3, 0.4) is 0 Å². The Balaban J connectivity index is 3.20. The maximum atomic E-state index is 2.35. The van der Waals surface area contributed by atoms with Crippen LogP contribution in [0.5, 0.6) is 0 Å². The SMILES string of the molecule is CCC\C=C(C)/C=C(\C=C(/C)CC)Sc1cc(C=C(C)CCC)ccc1C. The van der Waals surface area contributed by atoms with Gasteiger partial charge in [-0.25, -0.2) is 0 Å². The molecular weight excluding hydrogens is 344 g/mol. The summed E-state index contributed by atoms with van der Waals surface area (Å²) in [6, 6.07) is 6.83. The summed E-state index contributed by atoms with van der Waals surface area (Å²) < 4.78 is 0. The fourth-order valence-electron chi connectivity index (χ4n) is 2.80. The smallest absolute Gasteiger partial charge is 0.0157 e. The lowest BCUT2D eigenvalue weighted by Crippen LogP contribution is -1.86. The number of unbranched alkanes of at least 4 members (excludes halogenated alkanes) is 1. The average Bonchev–Trinajstić information content (AvgIpc) is 2.62. The van der Waals surface area contributed by atoms with Crippen molar-refractivity contribution in [3.63, 3.8) is 0 Å². The van der Waals surface area contributed by atoms with Crippen molar-refractivity contribution < 1.29 is 0 Å². The van der Waals surface area contributed by atoms with Gasteiger partial charge in [0.2, 0.25) is 0 Å². The predicted octanol–water partition coefficient (Wildman–Crippen LogP) is 9.28. The molecule has 1 heteroatoms. The third-order valence-corrected chi connectivity index (χ3v) is 5.70. The van der Waals surface area contributed by atoms with Crippen molar-refractivity contribution >= 4 is 17.8 Å². The van der Waals surface area contributed by atoms with Crippen LogP contribution in [0.15, 0.2) is 62.9 Å². The molecule has 0 amide bonds. The monoisotopic (exact) mass is 382 g/mol. The lowest BCUT2D eigenvalue weighted by atomic mass is 10.1. The van der Waals surface area contributed by atoms with Crippen LogP contribution in [0.25, 0.3) is 6.08 Å². The van der Waals surface area contributed by atoms with E-state index in [1.54, 1.807) is 0 Å². The van der Waals surface area contributed by atoms with E-state index in [0.717, 1.165) is 12.8 Å². The first kappa shape index (κ1) is 23.6. The Morgan fingerprint density at radius 2 is 1.70 bits per heavy atom. The molecule has 1 aromatic rings. The minimum Gasteiger partial charge on any atom is -0.0898 e. The number of allylic oxidation sites excluding steroid dienone is 6. The van der Waals surface area contributed by atoms with Crippen molar-refractivity contribution in [1.29, 1.82) is 0 Å². The highest BCUT2D eigenvalue weighted by molar-refractivity contribution is 8.03. The van der Waals surface area contributed by atoms with Gasteiger partial charge in [-0.05, 0) is 76.3 Å². The summed E-state index contributed by atoms with van der Waals surface area (Å²) in [5, 5.41) is 0. The lowest BCUT2D eigenvalue weighted by Gasteiger charge is -2.10. The van der Waals surface area contributed by atoms with Gasteiger partial charge in [0.05, 0.1) is 0 Å². The quantitative estimate of drug-likeness (QED) is 0.287. The van der Waals surface area contributed by atoms with E-state index in [0.29, 0.717) is 0 Å². The second-order valence-corrected chi connectivity index (χ2v) is 8.61. The Labute approximate surface area is 172 Å². The lowest BCUT2D eigenvalue weighted by molar-refractivity contribution is 0.911. The van der Waals surface area contributed by atoms with Crippen LogP contribution in [-0.4, -0.2) is 0 Å². The Morgan fingerprint density at radius 3 is 2.33 bits per heavy atom. The molecule has 0 radical (unpaired) electrons. The summed E-state index contributed by atoms with van der Waals surface area (Å²) in [7, 11) is 0. The fraction of sp³-hybridized carbons (Fsp3) is 0.462. The summed E-state index contributed by atoms with van der Waals surface area (Å²) in [4.78, 5) is 2.68. The van der Waals surface area contributed by atoms with Crippen LogP contribution in [0, 0.1) is 6.92 Å². The van der Waals surface area contributed by atoms with E-state index in [9.17, 15) is 0 Å². The minimum absolute atomic E-state index is 1.09. The van der Waals surface area contributed by atoms with E-state index < -0.39 is 0 Å². The molecule has 0 nitrogen and oxygen atoms in total. The molecule has 0 spiro atoms. The van der Waals surface area contributed by atoms with Crippen molar-refractivity contribution in [2.24, 2.45) is 0 Å². The molecule has 0 aliphatic rings. The zero-order valence-electron chi connectivity index (χ0n) is 18.5. The summed E-state index contributed by atoms with van der Waals surface area (Å²) in [6.07, 6.45) is 15.2. The Kier molecular flexibility index (Phi) is 11.2. The Morgan fingerprint density at radius 1 is 0.963 bits per heavy atom. The summed E-state index contributed by atoms with van der Waals surface area (Å²) in [6.45, 7) is 15.6. The third kappa shape index (κ3) is 9.33. The first-order chi connectivity index (χ1) is 12.9. The largest absolute Gasteiger partial charge is 0.0898 e. The van der Waals surface area contributed by atoms with Crippen LogP contribution in [0.1, 0.15) is 84.8 Å². The first-order valence-corrected chi connectivity index (χ1v) is 11.2. The zero-order valence-corrected chi connectivity index (χ0v) is 19.3. The molecule has 0 bridgehead atoms. The number of thioether (sulfide) groups is 1. The van der Waals surface area contributed by atoms with Gasteiger partial charge in [0, 0.05) is 9.80 Å². The van der Waals surface area contributed by atoms with Gasteiger partial charge in [-0.2, -0.15) is 0 Å². The van der Waals surface area contributed by atoms with E-state index in [4.69, 9.17) is 0 Å². The third-order valence-electron chi connectivity index (χ3n) is 4.57. The molecule has 0 saturated heterocycles. The predicted molar refractivity (Wildman–Crippen MR) is 126 cm³/mol. The van der Waals surface area contributed by atoms with Crippen molar-refractivity contribution in [1.82, 2.24) is 0 Å². The molecule has 0 saturated carbocycles. The number of hydrogen-bond acceptors (Lipinski definition) is 1. The van der Waals surface area contributed by atoms with Gasteiger partial charge in [0.15, 0.2) is 0 Å². The maximum absolute atomic E-state index is 2.35. The highest BCUT2D eigenvalue weighted by Crippen LogP contribution is 2.33. The molecule has 1 rings (SSSR count). The molecule has 0 aliphatic carbocycles. The second-order valence-electron chi connectivity index (χ2n) is 7.50. The van der Waals surface area contributed by atoms with Gasteiger partial charge < -0.3 is 0 Å². The van der Waals surface area contributed by atoms with Gasteiger partial charge in [0.25, 0.3) is 0 Å². The fourth-order valence-corrected chi connectivity index (χ4v) is 3.98. The molecule has 0 aliphatic heterocycles. The highest BCUT2D eigenvalue weighted by atomic mass is 32.2. The maximum Gasteiger partial charge on any atom is 0.0157 e. The van der Waals surface area contributed by atoms with Crippen LogP contribution < -0.4 is 0 Å². The molecule has 0 aromatic heterocycles. The molecular formula is C26H38S. The summed E-state index contributed by atoms with van der Waals surface area (Å²) in [5.41, 5.74) is 6.88. The van der Waals surface area contributed by atoms with Gasteiger partial charge in [-0.1, -0.05) is 86.4 Å². The molecule has 148 valence electrons. The van der Waals surface area contributed by atoms with E-state index in [2.05, 4.69) is 91.0 Å². The number of aryl methyl sites for hydroxylation is 1. The number of hydrogen-bond donors (Lipinski definition) is 0. The molecule has 0 heterocycles. The molecule has 0 unspecified atom stereocenters. The molecule has 0 N–H and O–H groups in total. The zero-order chi connectivity index (χ0) is 20.2. The van der Waals surface area contributed by atoms with E-state index >= 15 is 0 Å². The van der Waals surface area contributed by atoms with Gasteiger partial charge in [-0.15, -0.1) is 0 Å². The molecule has 0 fully saturated rings. The van der Waals surface area contributed by atoms with Crippen LogP contribution in [-0.2, 0) is 0 Å². The number of benzene rings is 1. The second kappa shape index (κ2) is 12.8. The Bertz CT molecular complexity index is 714. The average molecular weight is 383 g/mol. The summed E-state index contributed by atoms with van der Waals surface area (Å²) in [5.74, 6) is 0. The number of rotatable bonds is 10. The van der Waals surface area contributed by atoms with Crippen LogP contribution >= 0.6 is 11.8 Å². The van der Waals surface area contributed by atoms with Crippen molar-refractivity contribution in [2.75, 3.05) is 0 Å². The van der Waals surface area contributed by atoms with E-state index in [-0.39, 0.29) is 0 Å². The standard InChI is InChI=1S/C26H38S/c1-8-11-13-22(6)18-25(17-20(4)10-3)27-26-19-24(15-14-23(26)7)16-21(5)12-9-2/h13-19H,8-12H2,1-7H3/b20-17+,21-16?,22-13-,25-18+. The van der Waals surface area contributed by atoms with Gasteiger partial charge in [0.1, 0.15) is 0 Å². The van der Waals surface area contributed by atoms with Crippen LogP contribution in [0.2, 0.25) is 0 Å². The molecule has 27 heavy (non-hydrogen) atoms. The van der Waals surface area contributed by atoms with Crippen LogP contribution in [0.4, 0.5) is 0 Å². The van der Waals surface area contributed by atoms with E-state index in [1.807, 2.05) is 11.8 Å². The minimum atomic E-state index is 1.09. The molecule has 1 aromatic carbocycles. The first-order valence-electron chi connectivity index (χ1n) is 10.4. The Hall–Kier alpha value is -1.47. The van der Waals surface area contributed by atoms with Crippen molar-refractivity contribution in [3.8, 4) is 0 Å². The normalized spacial score (nSPS) is 14.0. The van der Waals surface area contributed by atoms with E-state index in [1.165, 1.54) is 56.9 Å².